The maximum absolute atomic E-state index is 13.3. The second kappa shape index (κ2) is 9.60. The van der Waals surface area contributed by atoms with Crippen LogP contribution in [0.25, 0.3) is 11.2 Å². The number of pyridine rings is 1. The van der Waals surface area contributed by atoms with Gasteiger partial charge < -0.3 is 9.84 Å². The second-order valence-corrected chi connectivity index (χ2v) is 8.03. The molecule has 0 unspecified atom stereocenters. The topological polar surface area (TPSA) is 104 Å². The maximum atomic E-state index is 13.3. The fraction of sp³-hybridized carbons (Fsp3) is 0.304. The lowest BCUT2D eigenvalue weighted by Crippen LogP contribution is -2.39. The van der Waals surface area contributed by atoms with Gasteiger partial charge in [0, 0.05) is 26.4 Å². The average Bonchev–Trinajstić information content (AvgIpc) is 3.17. The molecule has 0 saturated carbocycles. The van der Waals surface area contributed by atoms with Gasteiger partial charge in [-0.2, -0.15) is 4.98 Å². The van der Waals surface area contributed by atoms with Gasteiger partial charge in [0.25, 0.3) is 5.56 Å². The molecule has 0 saturated heterocycles. The van der Waals surface area contributed by atoms with Crippen LogP contribution < -0.4 is 16.0 Å². The Bertz CT molecular complexity index is 1390. The van der Waals surface area contributed by atoms with E-state index >= 15 is 0 Å². The molecule has 0 atom stereocenters. The monoisotopic (exact) mass is 469 g/mol. The van der Waals surface area contributed by atoms with E-state index in [9.17, 15) is 14.7 Å². The summed E-state index contributed by atoms with van der Waals surface area (Å²) in [6.45, 7) is 2.21. The minimum Gasteiger partial charge on any atom is -0.425 e. The number of halogens is 1. The van der Waals surface area contributed by atoms with Gasteiger partial charge >= 0.3 is 11.7 Å². The van der Waals surface area contributed by atoms with Crippen LogP contribution in [-0.4, -0.2) is 35.4 Å². The number of nitrogens with zero attached hydrogens (tertiary/aromatic N) is 5. The van der Waals surface area contributed by atoms with Gasteiger partial charge in [-0.05, 0) is 42.7 Å². The van der Waals surface area contributed by atoms with E-state index in [1.807, 2.05) is 24.3 Å². The minimum absolute atomic E-state index is 0.0942. The van der Waals surface area contributed by atoms with Crippen molar-refractivity contribution in [2.45, 2.75) is 32.9 Å². The molecule has 0 amide bonds. The Morgan fingerprint density at radius 3 is 2.48 bits per heavy atom. The first-order valence-corrected chi connectivity index (χ1v) is 11.0. The van der Waals surface area contributed by atoms with Crippen molar-refractivity contribution in [3.05, 3.63) is 79.7 Å². The third-order valence-electron chi connectivity index (χ3n) is 5.39. The summed E-state index contributed by atoms with van der Waals surface area (Å²) in [6, 6.07) is 11.2. The van der Waals surface area contributed by atoms with Gasteiger partial charge in [0.15, 0.2) is 11.2 Å². The Kier molecular flexibility index (Phi) is 6.62. The number of fused-ring (bicyclic) bond motifs is 1. The first kappa shape index (κ1) is 22.8. The summed E-state index contributed by atoms with van der Waals surface area (Å²) in [5.74, 6) is 0.554. The van der Waals surface area contributed by atoms with Gasteiger partial charge in [0.1, 0.15) is 5.75 Å². The normalized spacial score (nSPS) is 11.3. The van der Waals surface area contributed by atoms with E-state index in [1.54, 1.807) is 23.7 Å². The van der Waals surface area contributed by atoms with E-state index in [1.165, 1.54) is 10.8 Å². The van der Waals surface area contributed by atoms with Crippen molar-refractivity contribution in [2.75, 3.05) is 6.61 Å². The van der Waals surface area contributed by atoms with Crippen LogP contribution in [0, 0.1) is 0 Å². The molecule has 0 aliphatic rings. The third-order valence-corrected chi connectivity index (χ3v) is 5.61. The van der Waals surface area contributed by atoms with Crippen LogP contribution >= 0.6 is 11.6 Å². The summed E-state index contributed by atoms with van der Waals surface area (Å²) >= 11 is 5.97. The molecule has 33 heavy (non-hydrogen) atoms. The zero-order valence-corrected chi connectivity index (χ0v) is 19.1. The zero-order chi connectivity index (χ0) is 23.5. The number of aliphatic hydroxyl groups is 1. The van der Waals surface area contributed by atoms with Crippen LogP contribution in [0.15, 0.2) is 52.2 Å². The SMILES string of the molecule is CCc1ccc(Oc2nc3c(c(=O)n(CCCO)c(=O)n3C)n2Cc2ccc(Cl)cn2)cc1. The Balaban J connectivity index is 1.90. The molecule has 172 valence electrons. The quantitative estimate of drug-likeness (QED) is 0.425. The number of hydrogen-bond donors (Lipinski definition) is 1. The molecule has 0 bridgehead atoms. The van der Waals surface area contributed by atoms with Crippen molar-refractivity contribution in [2.24, 2.45) is 7.05 Å². The van der Waals surface area contributed by atoms with Crippen LogP contribution in [0.4, 0.5) is 0 Å². The number of hydrogen-bond acceptors (Lipinski definition) is 6. The Morgan fingerprint density at radius 2 is 1.85 bits per heavy atom. The largest absolute Gasteiger partial charge is 0.425 e. The van der Waals surface area contributed by atoms with Gasteiger partial charge in [-0.25, -0.2) is 4.79 Å². The third kappa shape index (κ3) is 4.55. The van der Waals surface area contributed by atoms with Gasteiger partial charge in [-0.1, -0.05) is 30.7 Å². The summed E-state index contributed by atoms with van der Waals surface area (Å²) in [7, 11) is 1.55. The molecule has 0 spiro atoms. The number of benzene rings is 1. The van der Waals surface area contributed by atoms with E-state index < -0.39 is 11.2 Å². The zero-order valence-electron chi connectivity index (χ0n) is 18.4. The van der Waals surface area contributed by atoms with Crippen molar-refractivity contribution < 1.29 is 9.84 Å². The molecule has 9 nitrogen and oxygen atoms in total. The molecular weight excluding hydrogens is 446 g/mol. The summed E-state index contributed by atoms with van der Waals surface area (Å²) in [4.78, 5) is 34.9. The molecule has 1 N–H and O–H groups in total. The predicted octanol–water partition coefficient (Wildman–Crippen LogP) is 2.73. The molecule has 1 aromatic carbocycles. The molecule has 3 heterocycles. The van der Waals surface area contributed by atoms with Gasteiger partial charge in [0.05, 0.1) is 17.3 Å². The number of imidazole rings is 1. The Labute approximate surface area is 194 Å². The first-order chi connectivity index (χ1) is 15.9. The molecule has 0 aliphatic heterocycles. The molecular formula is C23H24ClN5O4. The molecule has 0 fully saturated rings. The number of rotatable bonds is 8. The van der Waals surface area contributed by atoms with Crippen molar-refractivity contribution in [1.82, 2.24) is 23.7 Å². The Hall–Kier alpha value is -3.43. The number of aryl methyl sites for hydroxylation is 2. The maximum Gasteiger partial charge on any atom is 0.332 e. The minimum atomic E-state index is -0.505. The predicted molar refractivity (Wildman–Crippen MR) is 125 cm³/mol. The van der Waals surface area contributed by atoms with Crippen LogP contribution in [0.5, 0.6) is 11.8 Å². The van der Waals surface area contributed by atoms with E-state index in [-0.39, 0.29) is 43.3 Å². The van der Waals surface area contributed by atoms with Crippen molar-refractivity contribution in [3.63, 3.8) is 0 Å². The first-order valence-electron chi connectivity index (χ1n) is 10.6. The summed E-state index contributed by atoms with van der Waals surface area (Å²) < 4.78 is 10.1. The summed E-state index contributed by atoms with van der Waals surface area (Å²) in [6.07, 6.45) is 2.70. The lowest BCUT2D eigenvalue weighted by atomic mass is 10.2. The highest BCUT2D eigenvalue weighted by atomic mass is 35.5. The second-order valence-electron chi connectivity index (χ2n) is 7.60. The van der Waals surface area contributed by atoms with E-state index in [0.717, 1.165) is 16.6 Å². The highest BCUT2D eigenvalue weighted by Gasteiger charge is 2.22. The van der Waals surface area contributed by atoms with E-state index in [0.29, 0.717) is 16.5 Å². The van der Waals surface area contributed by atoms with Gasteiger partial charge in [0.2, 0.25) is 0 Å². The molecule has 0 radical (unpaired) electrons. The van der Waals surface area contributed by atoms with E-state index in [2.05, 4.69) is 16.9 Å². The van der Waals surface area contributed by atoms with Crippen molar-refractivity contribution in [1.29, 1.82) is 0 Å². The van der Waals surface area contributed by atoms with Crippen LogP contribution in [-0.2, 0) is 26.6 Å². The van der Waals surface area contributed by atoms with Crippen LogP contribution in [0.1, 0.15) is 24.6 Å². The highest BCUT2D eigenvalue weighted by molar-refractivity contribution is 6.30. The summed E-state index contributed by atoms with van der Waals surface area (Å²) in [5.41, 5.74) is 1.22. The van der Waals surface area contributed by atoms with Crippen LogP contribution in [0.3, 0.4) is 0 Å². The molecule has 4 rings (SSSR count). The van der Waals surface area contributed by atoms with Gasteiger partial charge in [-0.15, -0.1) is 0 Å². The standard InChI is InChI=1S/C23H24ClN5O4/c1-3-15-5-9-18(10-6-15)33-22-26-20-19(29(22)14-17-8-7-16(24)13-25-17)21(31)28(11-4-12-30)23(32)27(20)2/h5-10,13,30H,3-4,11-12,14H2,1-2H3. The van der Waals surface area contributed by atoms with Gasteiger partial charge in [-0.3, -0.25) is 23.5 Å². The number of ether oxygens (including phenoxy) is 1. The average molecular weight is 470 g/mol. The smallest absolute Gasteiger partial charge is 0.332 e. The van der Waals surface area contributed by atoms with Crippen LogP contribution in [0.2, 0.25) is 5.02 Å². The lowest BCUT2D eigenvalue weighted by molar-refractivity contribution is 0.277. The lowest BCUT2D eigenvalue weighted by Gasteiger charge is -2.11. The highest BCUT2D eigenvalue weighted by Crippen LogP contribution is 2.25. The fourth-order valence-electron chi connectivity index (χ4n) is 3.56. The van der Waals surface area contributed by atoms with Crippen molar-refractivity contribution in [3.8, 4) is 11.8 Å². The molecule has 10 heteroatoms. The van der Waals surface area contributed by atoms with E-state index in [4.69, 9.17) is 16.3 Å². The fourth-order valence-corrected chi connectivity index (χ4v) is 3.67. The molecule has 0 aliphatic carbocycles. The molecule has 3 aromatic heterocycles. The molecule has 4 aromatic rings. The number of aliphatic hydroxyl groups excluding tert-OH is 1. The van der Waals surface area contributed by atoms with Crippen molar-refractivity contribution >= 4 is 22.8 Å². The number of aromatic nitrogens is 5. The Morgan fingerprint density at radius 1 is 1.09 bits per heavy atom. The summed E-state index contributed by atoms with van der Waals surface area (Å²) in [5, 5.41) is 9.68.